The van der Waals surface area contributed by atoms with E-state index in [2.05, 4.69) is 6.92 Å². The van der Waals surface area contributed by atoms with E-state index >= 15 is 0 Å². The molecule has 2 aliphatic rings. The van der Waals surface area contributed by atoms with Crippen LogP contribution in [0.5, 0.6) is 0 Å². The number of ether oxygens (including phenoxy) is 1. The molecule has 1 saturated carbocycles. The maximum atomic E-state index is 5.26. The molecule has 1 nitrogen and oxygen atoms in total. The summed E-state index contributed by atoms with van der Waals surface area (Å²) in [4.78, 5) is 0. The Morgan fingerprint density at radius 1 is 1.40 bits per heavy atom. The Labute approximate surface area is 62.8 Å². The molecular formula is C9H16O. The lowest BCUT2D eigenvalue weighted by molar-refractivity contribution is -0.138. The molecule has 10 heavy (non-hydrogen) atoms. The van der Waals surface area contributed by atoms with Crippen LogP contribution in [0.4, 0.5) is 0 Å². The van der Waals surface area contributed by atoms with Gasteiger partial charge in [0.25, 0.3) is 0 Å². The van der Waals surface area contributed by atoms with Crippen LogP contribution < -0.4 is 0 Å². The summed E-state index contributed by atoms with van der Waals surface area (Å²) < 4.78 is 5.26. The first-order valence-electron chi connectivity index (χ1n) is 4.39. The van der Waals surface area contributed by atoms with Gasteiger partial charge in [-0.15, -0.1) is 0 Å². The molecule has 0 aromatic carbocycles. The Morgan fingerprint density at radius 2 is 2.20 bits per heavy atom. The van der Waals surface area contributed by atoms with Gasteiger partial charge in [0, 0.05) is 5.41 Å². The minimum absolute atomic E-state index is 0.650. The van der Waals surface area contributed by atoms with Crippen LogP contribution in [-0.2, 0) is 4.74 Å². The maximum Gasteiger partial charge on any atom is 0.0544 e. The van der Waals surface area contributed by atoms with Crippen LogP contribution in [0.1, 0.15) is 32.6 Å². The lowest BCUT2D eigenvalue weighted by Crippen LogP contribution is -2.45. The van der Waals surface area contributed by atoms with Gasteiger partial charge in [0.2, 0.25) is 0 Å². The highest BCUT2D eigenvalue weighted by Crippen LogP contribution is 2.44. The molecule has 58 valence electrons. The second kappa shape index (κ2) is 2.23. The summed E-state index contributed by atoms with van der Waals surface area (Å²) >= 11 is 0. The molecule has 1 aliphatic carbocycles. The van der Waals surface area contributed by atoms with Crippen molar-refractivity contribution < 1.29 is 4.74 Å². The lowest BCUT2D eigenvalue weighted by atomic mass is 9.69. The molecule has 1 unspecified atom stereocenters. The quantitative estimate of drug-likeness (QED) is 0.501. The third-order valence-corrected chi connectivity index (χ3v) is 3.00. The van der Waals surface area contributed by atoms with Crippen molar-refractivity contribution in [2.24, 2.45) is 11.3 Å². The molecule has 1 heterocycles. The molecule has 0 bridgehead atoms. The summed E-state index contributed by atoms with van der Waals surface area (Å²) in [6, 6.07) is 0. The summed E-state index contributed by atoms with van der Waals surface area (Å²) in [6.07, 6.45) is 5.73. The molecule has 0 amide bonds. The summed E-state index contributed by atoms with van der Waals surface area (Å²) in [5.41, 5.74) is 0.650. The molecule has 0 radical (unpaired) electrons. The molecule has 0 aromatic rings. The molecule has 1 spiro atoms. The molecule has 0 aromatic heterocycles. The molecule has 0 N–H and O–H groups in total. The van der Waals surface area contributed by atoms with Gasteiger partial charge in [-0.2, -0.15) is 0 Å². The van der Waals surface area contributed by atoms with Gasteiger partial charge in [-0.3, -0.25) is 0 Å². The fourth-order valence-electron chi connectivity index (χ4n) is 2.42. The van der Waals surface area contributed by atoms with Crippen molar-refractivity contribution in [1.29, 1.82) is 0 Å². The largest absolute Gasteiger partial charge is 0.380 e. The normalized spacial score (nSPS) is 37.5. The van der Waals surface area contributed by atoms with Crippen molar-refractivity contribution in [2.45, 2.75) is 32.6 Å². The predicted molar refractivity (Wildman–Crippen MR) is 40.9 cm³/mol. The van der Waals surface area contributed by atoms with Gasteiger partial charge in [-0.25, -0.2) is 0 Å². The van der Waals surface area contributed by atoms with Gasteiger partial charge in [-0.1, -0.05) is 19.8 Å². The van der Waals surface area contributed by atoms with E-state index in [4.69, 9.17) is 4.74 Å². The zero-order valence-electron chi connectivity index (χ0n) is 6.73. The molecule has 1 aliphatic heterocycles. The van der Waals surface area contributed by atoms with Crippen LogP contribution in [0.15, 0.2) is 0 Å². The minimum atomic E-state index is 0.650. The van der Waals surface area contributed by atoms with Gasteiger partial charge in [-0.05, 0) is 18.8 Å². The maximum absolute atomic E-state index is 5.26. The lowest BCUT2D eigenvalue weighted by Gasteiger charge is -2.46. The van der Waals surface area contributed by atoms with E-state index in [0.717, 1.165) is 19.1 Å². The van der Waals surface area contributed by atoms with Gasteiger partial charge < -0.3 is 4.74 Å². The summed E-state index contributed by atoms with van der Waals surface area (Å²) in [6.45, 7) is 4.48. The average molecular weight is 140 g/mol. The monoisotopic (exact) mass is 140 g/mol. The van der Waals surface area contributed by atoms with Gasteiger partial charge in [0.05, 0.1) is 13.2 Å². The Morgan fingerprint density at radius 3 is 2.60 bits per heavy atom. The van der Waals surface area contributed by atoms with Crippen molar-refractivity contribution in [3.63, 3.8) is 0 Å². The van der Waals surface area contributed by atoms with Crippen LogP contribution in [0.2, 0.25) is 0 Å². The Kier molecular flexibility index (Phi) is 1.48. The van der Waals surface area contributed by atoms with E-state index in [1.807, 2.05) is 0 Å². The van der Waals surface area contributed by atoms with Crippen molar-refractivity contribution in [2.75, 3.05) is 13.2 Å². The van der Waals surface area contributed by atoms with Gasteiger partial charge in [0.1, 0.15) is 0 Å². The third kappa shape index (κ3) is 0.968. The summed E-state index contributed by atoms with van der Waals surface area (Å²) in [5.74, 6) is 0.956. The van der Waals surface area contributed by atoms with Crippen molar-refractivity contribution in [3.05, 3.63) is 0 Å². The Balaban J connectivity index is 1.96. The predicted octanol–water partition coefficient (Wildman–Crippen LogP) is 2.21. The van der Waals surface area contributed by atoms with Crippen LogP contribution in [-0.4, -0.2) is 13.2 Å². The van der Waals surface area contributed by atoms with E-state index in [1.54, 1.807) is 0 Å². The van der Waals surface area contributed by atoms with E-state index in [-0.39, 0.29) is 0 Å². The van der Waals surface area contributed by atoms with E-state index in [9.17, 15) is 0 Å². The molecule has 1 heteroatoms. The van der Waals surface area contributed by atoms with Gasteiger partial charge in [0.15, 0.2) is 0 Å². The van der Waals surface area contributed by atoms with Crippen molar-refractivity contribution >= 4 is 0 Å². The van der Waals surface area contributed by atoms with E-state index in [1.165, 1.54) is 25.7 Å². The second-order valence-corrected chi connectivity index (χ2v) is 4.19. The first-order valence-corrected chi connectivity index (χ1v) is 4.39. The van der Waals surface area contributed by atoms with Gasteiger partial charge >= 0.3 is 0 Å². The summed E-state index contributed by atoms with van der Waals surface area (Å²) in [7, 11) is 0. The van der Waals surface area contributed by atoms with E-state index in [0.29, 0.717) is 5.41 Å². The van der Waals surface area contributed by atoms with Crippen LogP contribution in [0.3, 0.4) is 0 Å². The molecule has 1 atom stereocenters. The summed E-state index contributed by atoms with van der Waals surface area (Å²) in [5, 5.41) is 0. The zero-order chi connectivity index (χ0) is 7.03. The van der Waals surface area contributed by atoms with Crippen molar-refractivity contribution in [3.8, 4) is 0 Å². The fourth-order valence-corrected chi connectivity index (χ4v) is 2.42. The number of hydrogen-bond acceptors (Lipinski definition) is 1. The highest BCUT2D eigenvalue weighted by atomic mass is 16.5. The van der Waals surface area contributed by atoms with Crippen molar-refractivity contribution in [1.82, 2.24) is 0 Å². The third-order valence-electron chi connectivity index (χ3n) is 3.00. The first-order chi connectivity index (χ1) is 4.81. The van der Waals surface area contributed by atoms with E-state index < -0.39 is 0 Å². The van der Waals surface area contributed by atoms with Crippen LogP contribution >= 0.6 is 0 Å². The fraction of sp³-hybridized carbons (Fsp3) is 1.00. The Bertz CT molecular complexity index is 127. The average Bonchev–Trinajstić information content (AvgIpc) is 1.85. The first kappa shape index (κ1) is 6.66. The zero-order valence-corrected chi connectivity index (χ0v) is 6.73. The number of hydrogen-bond donors (Lipinski definition) is 0. The molecular weight excluding hydrogens is 124 g/mol. The standard InChI is InChI=1S/C9H16O/c1-8-3-2-4-9(5-8)6-10-7-9/h8H,2-7H2,1H3. The Hall–Kier alpha value is -0.0400. The number of rotatable bonds is 0. The highest BCUT2D eigenvalue weighted by Gasteiger charge is 2.41. The molecule has 2 fully saturated rings. The topological polar surface area (TPSA) is 9.23 Å². The molecule has 1 saturated heterocycles. The minimum Gasteiger partial charge on any atom is -0.380 e. The van der Waals surface area contributed by atoms with Crippen LogP contribution in [0.25, 0.3) is 0 Å². The SMILES string of the molecule is CC1CCCC2(COC2)C1. The van der Waals surface area contributed by atoms with Crippen LogP contribution in [0, 0.1) is 11.3 Å². The second-order valence-electron chi connectivity index (χ2n) is 4.19. The smallest absolute Gasteiger partial charge is 0.0544 e. The molecule has 2 rings (SSSR count). The highest BCUT2D eigenvalue weighted by molar-refractivity contribution is 4.89.